The summed E-state index contributed by atoms with van der Waals surface area (Å²) in [5, 5.41) is 19.0. The minimum absolute atomic E-state index is 0.142. The largest absolute Gasteiger partial charge is 0.491 e. The number of aldehydes is 2. The number of carboxylic acid groups (broad SMARTS) is 1. The maximum Gasteiger partial charge on any atom is 0.336 e. The van der Waals surface area contributed by atoms with E-state index in [2.05, 4.69) is 0 Å². The van der Waals surface area contributed by atoms with Gasteiger partial charge in [-0.05, 0) is 71.8 Å². The maximum atomic E-state index is 13.7. The molecule has 4 aromatic carbocycles. The van der Waals surface area contributed by atoms with Gasteiger partial charge in [0.25, 0.3) is 5.91 Å². The van der Waals surface area contributed by atoms with Gasteiger partial charge < -0.3 is 34.0 Å². The van der Waals surface area contributed by atoms with Crippen LogP contribution in [0.4, 0.5) is 5.69 Å². The minimum atomic E-state index is -1.06. The molecule has 4 aromatic rings. The highest BCUT2D eigenvalue weighted by Gasteiger charge is 2.30. The van der Waals surface area contributed by atoms with Crippen molar-refractivity contribution in [2.75, 3.05) is 31.3 Å². The fourth-order valence-corrected chi connectivity index (χ4v) is 6.19. The number of carbonyl (C=O) groups is 4. The quantitative estimate of drug-likeness (QED) is 0.0774. The number of rotatable bonds is 13. The van der Waals surface area contributed by atoms with E-state index in [0.29, 0.717) is 80.9 Å². The van der Waals surface area contributed by atoms with Gasteiger partial charge in [0.1, 0.15) is 36.1 Å². The van der Waals surface area contributed by atoms with Crippen LogP contribution in [-0.4, -0.2) is 56.0 Å². The van der Waals surface area contributed by atoms with Crippen LogP contribution in [0.1, 0.15) is 47.0 Å². The highest BCUT2D eigenvalue weighted by molar-refractivity contribution is 6.12. The zero-order valence-corrected chi connectivity index (χ0v) is 27.1. The molecule has 0 fully saturated rings. The Bertz CT molecular complexity index is 2360. The van der Waals surface area contributed by atoms with E-state index in [0.717, 1.165) is 5.56 Å². The highest BCUT2D eigenvalue weighted by atomic mass is 16.5. The smallest absolute Gasteiger partial charge is 0.336 e. The van der Waals surface area contributed by atoms with Gasteiger partial charge in [0.2, 0.25) is 0 Å². The van der Waals surface area contributed by atoms with Crippen molar-refractivity contribution in [1.29, 1.82) is 5.41 Å². The van der Waals surface area contributed by atoms with Gasteiger partial charge in [0.05, 0.1) is 30.7 Å². The highest BCUT2D eigenvalue weighted by Crippen LogP contribution is 2.42. The van der Waals surface area contributed by atoms with Crippen LogP contribution in [0.15, 0.2) is 101 Å². The molecule has 0 bridgehead atoms. The van der Waals surface area contributed by atoms with Crippen LogP contribution in [0.2, 0.25) is 0 Å². The molecule has 0 saturated heterocycles. The number of fused-ring (bicyclic) bond motifs is 3. The monoisotopic (exact) mass is 682 g/mol. The summed E-state index contributed by atoms with van der Waals surface area (Å²) in [6.45, 7) is 1.38. The second-order valence-corrected chi connectivity index (χ2v) is 11.8. The summed E-state index contributed by atoms with van der Waals surface area (Å²) in [6.07, 6.45) is 1.22. The van der Waals surface area contributed by atoms with Crippen molar-refractivity contribution >= 4 is 41.1 Å². The Morgan fingerprint density at radius 2 is 1.53 bits per heavy atom. The molecule has 0 spiro atoms. The molecule has 3 aliphatic rings. The molecule has 7 rings (SSSR count). The van der Waals surface area contributed by atoms with Gasteiger partial charge in [-0.1, -0.05) is 24.3 Å². The van der Waals surface area contributed by atoms with Crippen molar-refractivity contribution in [1.82, 2.24) is 0 Å². The maximum absolute atomic E-state index is 13.7. The van der Waals surface area contributed by atoms with E-state index in [9.17, 15) is 24.3 Å². The van der Waals surface area contributed by atoms with E-state index in [4.69, 9.17) is 24.0 Å². The molecular weight excluding hydrogens is 652 g/mol. The van der Waals surface area contributed by atoms with E-state index >= 15 is 0 Å². The number of benzene rings is 5. The number of carboxylic acids is 1. The first kappa shape index (κ1) is 32.9. The number of nitrogens with zero attached hydrogens (tertiary/aromatic N) is 1. The standard InChI is InChI=1S/C40H30N2O9/c41-27-7-11-33-36(18-27)51-37-19-28(8-12-34(37)38(33)31-3-1-2-4-32(31)40(46)47)42-21-24-5-9-30(20-35(24)39(42)45)50-16-14-48-13-15-49-29-10-6-25(22-43)26(17-29)23-44/h1-12,17-20,22-23,41H,13-16,21H2,(H,46,47). The Hall–Kier alpha value is -6.59. The molecule has 0 atom stereocenters. The van der Waals surface area contributed by atoms with Crippen LogP contribution in [-0.2, 0) is 11.3 Å². The number of hydrogen-bond acceptors (Lipinski definition) is 9. The lowest BCUT2D eigenvalue weighted by atomic mass is 9.90. The average molecular weight is 683 g/mol. The van der Waals surface area contributed by atoms with Crippen LogP contribution in [0.5, 0.6) is 11.5 Å². The van der Waals surface area contributed by atoms with Crippen LogP contribution in [0.25, 0.3) is 33.4 Å². The van der Waals surface area contributed by atoms with E-state index in [1.165, 1.54) is 12.1 Å². The molecule has 254 valence electrons. The zero-order chi connectivity index (χ0) is 35.5. The van der Waals surface area contributed by atoms with E-state index in [1.54, 1.807) is 71.6 Å². The first-order chi connectivity index (χ1) is 24.8. The third kappa shape index (κ3) is 6.57. The van der Waals surface area contributed by atoms with Crippen molar-refractivity contribution in [3.63, 3.8) is 0 Å². The Morgan fingerprint density at radius 1 is 0.784 bits per heavy atom. The molecule has 1 aliphatic carbocycles. The van der Waals surface area contributed by atoms with Crippen LogP contribution < -0.4 is 19.7 Å². The lowest BCUT2D eigenvalue weighted by molar-refractivity contribution is 0.0697. The van der Waals surface area contributed by atoms with Crippen LogP contribution in [0, 0.1) is 5.41 Å². The van der Waals surface area contributed by atoms with Crippen molar-refractivity contribution in [2.24, 2.45) is 0 Å². The van der Waals surface area contributed by atoms with Crippen molar-refractivity contribution in [2.45, 2.75) is 6.54 Å². The third-order valence-corrected chi connectivity index (χ3v) is 8.63. The van der Waals surface area contributed by atoms with E-state index in [1.807, 2.05) is 18.2 Å². The molecule has 11 nitrogen and oxygen atoms in total. The number of nitrogens with one attached hydrogen (secondary N) is 1. The van der Waals surface area contributed by atoms with Gasteiger partial charge in [0, 0.05) is 51.0 Å². The van der Waals surface area contributed by atoms with Crippen molar-refractivity contribution < 1.29 is 42.9 Å². The van der Waals surface area contributed by atoms with Gasteiger partial charge in [-0.15, -0.1) is 0 Å². The van der Waals surface area contributed by atoms with Crippen molar-refractivity contribution in [3.8, 4) is 33.9 Å². The molecule has 2 aliphatic heterocycles. The summed E-state index contributed by atoms with van der Waals surface area (Å²) in [5.74, 6) is 0.148. The SMILES string of the molecule is N=c1ccc2c(-c3ccccc3C(=O)O)c3ccc(N4Cc5ccc(OCCOCCOc6ccc(C=O)c(C=O)c6)cc5C4=O)cc3oc-2c1. The average Bonchev–Trinajstić information content (AvgIpc) is 3.48. The fourth-order valence-electron chi connectivity index (χ4n) is 6.19. The van der Waals surface area contributed by atoms with E-state index < -0.39 is 5.97 Å². The van der Waals surface area contributed by atoms with Crippen molar-refractivity contribution in [3.05, 3.63) is 130 Å². The van der Waals surface area contributed by atoms with Crippen LogP contribution >= 0.6 is 0 Å². The van der Waals surface area contributed by atoms with Gasteiger partial charge in [-0.3, -0.25) is 14.4 Å². The number of hydrogen-bond donors (Lipinski definition) is 2. The summed E-state index contributed by atoms with van der Waals surface area (Å²) < 4.78 is 23.3. The normalized spacial score (nSPS) is 12.2. The molecule has 2 N–H and O–H groups in total. The van der Waals surface area contributed by atoms with Gasteiger partial charge >= 0.3 is 5.97 Å². The van der Waals surface area contributed by atoms with E-state index in [-0.39, 0.29) is 48.8 Å². The Morgan fingerprint density at radius 3 is 2.29 bits per heavy atom. The third-order valence-electron chi connectivity index (χ3n) is 8.63. The number of aromatic carboxylic acids is 1. The molecule has 51 heavy (non-hydrogen) atoms. The topological polar surface area (TPSA) is 156 Å². The molecule has 2 heterocycles. The summed E-state index contributed by atoms with van der Waals surface area (Å²) in [4.78, 5) is 49.6. The Labute approximate surface area is 291 Å². The summed E-state index contributed by atoms with van der Waals surface area (Å²) in [6, 6.07) is 27.2. The molecular formula is C40H30N2O9. The Balaban J connectivity index is 1.03. The second kappa shape index (κ2) is 14.1. The summed E-state index contributed by atoms with van der Waals surface area (Å²) in [5.41, 5.74) is 4.96. The summed E-state index contributed by atoms with van der Waals surface area (Å²) in [7, 11) is 0. The lowest BCUT2D eigenvalue weighted by Crippen LogP contribution is -2.22. The Kier molecular flexibility index (Phi) is 9.11. The molecule has 11 heteroatoms. The number of amides is 1. The predicted molar refractivity (Wildman–Crippen MR) is 187 cm³/mol. The van der Waals surface area contributed by atoms with Crippen LogP contribution in [0.3, 0.4) is 0 Å². The lowest BCUT2D eigenvalue weighted by Gasteiger charge is -2.20. The number of anilines is 1. The predicted octanol–water partition coefficient (Wildman–Crippen LogP) is 6.64. The number of carbonyl (C=O) groups excluding carboxylic acids is 3. The van der Waals surface area contributed by atoms with Gasteiger partial charge in [0.15, 0.2) is 12.6 Å². The second-order valence-electron chi connectivity index (χ2n) is 11.8. The first-order valence-corrected chi connectivity index (χ1v) is 16.0. The molecule has 0 unspecified atom stereocenters. The fraction of sp³-hybridized carbons (Fsp3) is 0.125. The molecule has 0 radical (unpaired) electrons. The first-order valence-electron chi connectivity index (χ1n) is 16.0. The van der Waals surface area contributed by atoms with Gasteiger partial charge in [-0.25, -0.2) is 4.79 Å². The summed E-state index contributed by atoms with van der Waals surface area (Å²) >= 11 is 0. The molecule has 0 saturated carbocycles. The molecule has 1 amide bonds. The minimum Gasteiger partial charge on any atom is -0.491 e. The zero-order valence-electron chi connectivity index (χ0n) is 27.1. The molecule has 0 aromatic heterocycles. The van der Waals surface area contributed by atoms with Gasteiger partial charge in [-0.2, -0.15) is 0 Å². The number of ether oxygens (including phenoxy) is 3.